The molecule has 0 atom stereocenters. The Bertz CT molecular complexity index is 1620. The summed E-state index contributed by atoms with van der Waals surface area (Å²) in [7, 11) is 0. The van der Waals surface area contributed by atoms with Crippen molar-refractivity contribution in [2.24, 2.45) is 0 Å². The smallest absolute Gasteiger partial charge is 0.405 e. The fourth-order valence-electron chi connectivity index (χ4n) is 3.69. The van der Waals surface area contributed by atoms with E-state index >= 15 is 0 Å². The Morgan fingerprint density at radius 3 is 2.34 bits per heavy atom. The predicted molar refractivity (Wildman–Crippen MR) is 135 cm³/mol. The fraction of sp³-hybridized carbons (Fsp3) is 0.0370. The topological polar surface area (TPSA) is 109 Å². The number of H-pyrrole nitrogens is 1. The van der Waals surface area contributed by atoms with Gasteiger partial charge in [0.25, 0.3) is 11.8 Å². The van der Waals surface area contributed by atoms with E-state index in [0.29, 0.717) is 39.5 Å². The van der Waals surface area contributed by atoms with E-state index < -0.39 is 18.0 Å². The minimum absolute atomic E-state index is 0.255. The number of ether oxygens (including phenoxy) is 1. The maximum absolute atomic E-state index is 12.7. The Kier molecular flexibility index (Phi) is 6.48. The van der Waals surface area contributed by atoms with Gasteiger partial charge in [-0.15, -0.1) is 13.2 Å². The molecule has 0 aliphatic carbocycles. The Labute approximate surface area is 213 Å². The third-order valence-corrected chi connectivity index (χ3v) is 5.42. The summed E-state index contributed by atoms with van der Waals surface area (Å²) in [6.45, 7) is 0. The van der Waals surface area contributed by atoms with Gasteiger partial charge in [-0.05, 0) is 66.7 Å². The molecule has 0 unspecified atom stereocenters. The van der Waals surface area contributed by atoms with Gasteiger partial charge >= 0.3 is 6.36 Å². The summed E-state index contributed by atoms with van der Waals surface area (Å²) < 4.78 is 41.9. The third-order valence-electron chi connectivity index (χ3n) is 5.42. The molecule has 0 saturated heterocycles. The number of hydrogen-bond donors (Lipinski definition) is 3. The number of imidazole rings is 1. The number of nitrogens with one attached hydrogen (secondary N) is 3. The number of hydrogen-bond acceptors (Lipinski definition) is 5. The van der Waals surface area contributed by atoms with Crippen LogP contribution in [0, 0.1) is 0 Å². The summed E-state index contributed by atoms with van der Waals surface area (Å²) in [5.74, 6) is -0.693. The van der Waals surface area contributed by atoms with E-state index in [4.69, 9.17) is 0 Å². The van der Waals surface area contributed by atoms with E-state index in [-0.39, 0.29) is 11.5 Å². The van der Waals surface area contributed by atoms with E-state index in [1.54, 1.807) is 66.9 Å². The van der Waals surface area contributed by atoms with Crippen molar-refractivity contribution in [3.05, 3.63) is 102 Å². The van der Waals surface area contributed by atoms with Crippen molar-refractivity contribution in [1.82, 2.24) is 15.0 Å². The van der Waals surface area contributed by atoms with Crippen molar-refractivity contribution >= 4 is 34.4 Å². The highest BCUT2D eigenvalue weighted by molar-refractivity contribution is 6.06. The Hall–Kier alpha value is -5.19. The number of nitrogens with zero attached hydrogens (tertiary/aromatic N) is 2. The van der Waals surface area contributed by atoms with Crippen molar-refractivity contribution < 1.29 is 27.5 Å². The van der Waals surface area contributed by atoms with Crippen LogP contribution in [0.4, 0.5) is 24.7 Å². The van der Waals surface area contributed by atoms with E-state index in [2.05, 4.69) is 30.3 Å². The Morgan fingerprint density at radius 2 is 1.61 bits per heavy atom. The zero-order valence-electron chi connectivity index (χ0n) is 19.4. The molecule has 2 heterocycles. The lowest BCUT2D eigenvalue weighted by atomic mass is 10.1. The van der Waals surface area contributed by atoms with Gasteiger partial charge in [-0.3, -0.25) is 9.59 Å². The molecule has 38 heavy (non-hydrogen) atoms. The van der Waals surface area contributed by atoms with Gasteiger partial charge in [0.05, 0.1) is 16.6 Å². The van der Waals surface area contributed by atoms with Crippen LogP contribution in [0.15, 0.2) is 91.1 Å². The van der Waals surface area contributed by atoms with Crippen LogP contribution in [0.5, 0.6) is 5.75 Å². The number of halogens is 3. The summed E-state index contributed by atoms with van der Waals surface area (Å²) in [6, 6.07) is 21.9. The van der Waals surface area contributed by atoms with Crippen molar-refractivity contribution in [2.75, 3.05) is 10.6 Å². The largest absolute Gasteiger partial charge is 0.573 e. The lowest BCUT2D eigenvalue weighted by Gasteiger charge is -2.13. The van der Waals surface area contributed by atoms with Crippen LogP contribution in [-0.2, 0) is 0 Å². The number of carbonyl (C=O) groups is 2. The fourth-order valence-corrected chi connectivity index (χ4v) is 3.69. The van der Waals surface area contributed by atoms with Crippen LogP contribution in [0.1, 0.15) is 20.7 Å². The molecule has 0 fully saturated rings. The van der Waals surface area contributed by atoms with Gasteiger partial charge in [0.15, 0.2) is 0 Å². The summed E-state index contributed by atoms with van der Waals surface area (Å²) >= 11 is 0. The van der Waals surface area contributed by atoms with Crippen molar-refractivity contribution in [3.63, 3.8) is 0 Å². The maximum Gasteiger partial charge on any atom is 0.573 e. The lowest BCUT2D eigenvalue weighted by molar-refractivity contribution is -0.274. The number of alkyl halides is 3. The maximum atomic E-state index is 12.7. The summed E-state index contributed by atoms with van der Waals surface area (Å²) in [6.07, 6.45) is -3.34. The van der Waals surface area contributed by atoms with Gasteiger partial charge in [-0.25, -0.2) is 9.97 Å². The van der Waals surface area contributed by atoms with Crippen LogP contribution in [-0.4, -0.2) is 33.1 Å². The van der Waals surface area contributed by atoms with Gasteiger partial charge in [-0.1, -0.05) is 18.2 Å². The van der Waals surface area contributed by atoms with E-state index in [9.17, 15) is 22.8 Å². The molecule has 0 bridgehead atoms. The molecule has 2 aromatic heterocycles. The minimum Gasteiger partial charge on any atom is -0.405 e. The average Bonchev–Trinajstić information content (AvgIpc) is 3.32. The first-order valence-electron chi connectivity index (χ1n) is 11.2. The van der Waals surface area contributed by atoms with Gasteiger partial charge in [0.1, 0.15) is 17.4 Å². The number of rotatable bonds is 6. The molecule has 0 spiro atoms. The number of carbonyl (C=O) groups excluding carboxylic acids is 2. The standard InChI is InChI=1S/C27H18F3N5O3/c28-27(29,30)38-22-6-2-1-5-19(22)26(37)32-18-11-8-16(9-12-18)24-33-20-13-10-17(15-21(20)34-24)25(36)35-23-7-3-4-14-31-23/h1-15H,(H,32,37)(H,33,34)(H,31,35,36). The van der Waals surface area contributed by atoms with Crippen molar-refractivity contribution in [3.8, 4) is 17.1 Å². The molecule has 3 aromatic carbocycles. The van der Waals surface area contributed by atoms with Gasteiger partial charge < -0.3 is 20.4 Å². The quantitative estimate of drug-likeness (QED) is 0.255. The van der Waals surface area contributed by atoms with E-state index in [0.717, 1.165) is 6.07 Å². The number of fused-ring (bicyclic) bond motifs is 1. The number of anilines is 2. The van der Waals surface area contributed by atoms with Crippen LogP contribution in [0.3, 0.4) is 0 Å². The molecule has 11 heteroatoms. The second-order valence-corrected chi connectivity index (χ2v) is 8.06. The second kappa shape index (κ2) is 10.1. The highest BCUT2D eigenvalue weighted by Crippen LogP contribution is 2.28. The molecule has 3 N–H and O–H groups in total. The molecule has 5 aromatic rings. The second-order valence-electron chi connectivity index (χ2n) is 8.06. The zero-order valence-corrected chi connectivity index (χ0v) is 19.4. The Balaban J connectivity index is 1.30. The summed E-state index contributed by atoms with van der Waals surface area (Å²) in [5, 5.41) is 5.29. The average molecular weight is 517 g/mol. The number of amides is 2. The summed E-state index contributed by atoms with van der Waals surface area (Å²) in [5.41, 5.74) is 2.52. The predicted octanol–water partition coefficient (Wildman–Crippen LogP) is 6.03. The van der Waals surface area contributed by atoms with Gasteiger partial charge in [0.2, 0.25) is 0 Å². The Morgan fingerprint density at radius 1 is 0.842 bits per heavy atom. The van der Waals surface area contributed by atoms with Crippen LogP contribution < -0.4 is 15.4 Å². The molecule has 190 valence electrons. The first-order chi connectivity index (χ1) is 18.2. The summed E-state index contributed by atoms with van der Waals surface area (Å²) in [4.78, 5) is 36.9. The van der Waals surface area contributed by atoms with Gasteiger partial charge in [-0.2, -0.15) is 0 Å². The normalized spacial score (nSPS) is 11.2. The molecule has 5 rings (SSSR count). The zero-order chi connectivity index (χ0) is 26.7. The molecule has 2 amide bonds. The van der Waals surface area contributed by atoms with Crippen molar-refractivity contribution in [2.45, 2.75) is 6.36 Å². The molecule has 0 radical (unpaired) electrons. The first kappa shape index (κ1) is 24.5. The number of para-hydroxylation sites is 1. The number of pyridine rings is 1. The number of benzene rings is 3. The molecule has 0 aliphatic heterocycles. The lowest BCUT2D eigenvalue weighted by Crippen LogP contribution is -2.20. The van der Waals surface area contributed by atoms with E-state index in [1.165, 1.54) is 18.2 Å². The third kappa shape index (κ3) is 5.62. The molecule has 0 saturated carbocycles. The highest BCUT2D eigenvalue weighted by Gasteiger charge is 2.32. The van der Waals surface area contributed by atoms with E-state index in [1.807, 2.05) is 0 Å². The number of aromatic amines is 1. The minimum atomic E-state index is -4.92. The van der Waals surface area contributed by atoms with Crippen LogP contribution in [0.25, 0.3) is 22.4 Å². The molecule has 8 nitrogen and oxygen atoms in total. The highest BCUT2D eigenvalue weighted by atomic mass is 19.4. The first-order valence-corrected chi connectivity index (χ1v) is 11.2. The molecular formula is C27H18F3N5O3. The van der Waals surface area contributed by atoms with Crippen LogP contribution in [0.2, 0.25) is 0 Å². The van der Waals surface area contributed by atoms with Crippen LogP contribution >= 0.6 is 0 Å². The molecular weight excluding hydrogens is 499 g/mol. The monoisotopic (exact) mass is 517 g/mol. The van der Waals surface area contributed by atoms with Gasteiger partial charge in [0, 0.05) is 23.0 Å². The molecule has 0 aliphatic rings. The number of aromatic nitrogens is 3. The SMILES string of the molecule is O=C(Nc1ccccn1)c1ccc2nc(-c3ccc(NC(=O)c4ccccc4OC(F)(F)F)cc3)[nH]c2c1. The van der Waals surface area contributed by atoms with Crippen molar-refractivity contribution in [1.29, 1.82) is 0 Å².